The van der Waals surface area contributed by atoms with Crippen LogP contribution in [0.2, 0.25) is 0 Å². The molecule has 0 aliphatic rings. The molecule has 0 saturated heterocycles. The van der Waals surface area contributed by atoms with Gasteiger partial charge in [0.15, 0.2) is 5.56 Å². The van der Waals surface area contributed by atoms with Gasteiger partial charge in [-0.1, -0.05) is 36.4 Å². The van der Waals surface area contributed by atoms with Gasteiger partial charge >= 0.3 is 0 Å². The first-order valence-electron chi connectivity index (χ1n) is 6.75. The van der Waals surface area contributed by atoms with Crippen LogP contribution in [0.4, 0.5) is 11.4 Å². The predicted molar refractivity (Wildman–Crippen MR) is 82.4 cm³/mol. The highest BCUT2D eigenvalue weighted by atomic mass is 16.6. The van der Waals surface area contributed by atoms with Crippen molar-refractivity contribution >= 4 is 11.4 Å². The zero-order chi connectivity index (χ0) is 15.8. The monoisotopic (exact) mass is 297 g/mol. The molecular formula is C16H15N3O3. The number of nitrogens with one attached hydrogen (secondary N) is 1. The van der Waals surface area contributed by atoms with Gasteiger partial charge in [0.2, 0.25) is 0 Å². The lowest BCUT2D eigenvalue weighted by molar-refractivity contribution is -0.385. The summed E-state index contributed by atoms with van der Waals surface area (Å²) in [4.78, 5) is 10.3. The van der Waals surface area contributed by atoms with E-state index in [1.807, 2.05) is 36.4 Å². The summed E-state index contributed by atoms with van der Waals surface area (Å²) in [6.07, 6.45) is 0. The molecule has 112 valence electrons. The molecule has 0 heterocycles. The lowest BCUT2D eigenvalue weighted by atomic mass is 10.1. The SMILES string of the molecule is N#Cc1c(NCCOCc2ccccc2)cccc1[N+](=O)[O-]. The fourth-order valence-electron chi connectivity index (χ4n) is 1.98. The Balaban J connectivity index is 1.86. The second-order valence-corrected chi connectivity index (χ2v) is 4.53. The van der Waals surface area contributed by atoms with Crippen LogP contribution in [0.15, 0.2) is 48.5 Å². The first-order chi connectivity index (χ1) is 10.7. The molecular weight excluding hydrogens is 282 g/mol. The highest BCUT2D eigenvalue weighted by molar-refractivity contribution is 5.66. The molecule has 0 amide bonds. The molecule has 0 aromatic heterocycles. The molecule has 0 radical (unpaired) electrons. The maximum Gasteiger partial charge on any atom is 0.289 e. The van der Waals surface area contributed by atoms with Gasteiger partial charge in [-0.05, 0) is 11.6 Å². The highest BCUT2D eigenvalue weighted by Gasteiger charge is 2.16. The smallest absolute Gasteiger partial charge is 0.289 e. The third-order valence-electron chi connectivity index (χ3n) is 3.02. The van der Waals surface area contributed by atoms with Crippen molar-refractivity contribution in [1.82, 2.24) is 0 Å². The maximum atomic E-state index is 10.9. The van der Waals surface area contributed by atoms with Crippen molar-refractivity contribution in [2.75, 3.05) is 18.5 Å². The molecule has 0 aliphatic heterocycles. The quantitative estimate of drug-likeness (QED) is 0.482. The zero-order valence-electron chi connectivity index (χ0n) is 11.9. The fraction of sp³-hybridized carbons (Fsp3) is 0.188. The van der Waals surface area contributed by atoms with E-state index in [9.17, 15) is 10.1 Å². The van der Waals surface area contributed by atoms with Gasteiger partial charge in [-0.2, -0.15) is 5.26 Å². The van der Waals surface area contributed by atoms with Crippen LogP contribution in [0, 0.1) is 21.4 Å². The minimum atomic E-state index is -0.560. The predicted octanol–water partition coefficient (Wildman–Crippen LogP) is 3.10. The van der Waals surface area contributed by atoms with Crippen molar-refractivity contribution in [2.45, 2.75) is 6.61 Å². The number of benzene rings is 2. The lowest BCUT2D eigenvalue weighted by Crippen LogP contribution is -2.10. The summed E-state index contributed by atoms with van der Waals surface area (Å²) in [5.74, 6) is 0. The van der Waals surface area contributed by atoms with E-state index < -0.39 is 4.92 Å². The average molecular weight is 297 g/mol. The van der Waals surface area contributed by atoms with E-state index in [0.717, 1.165) is 5.56 Å². The summed E-state index contributed by atoms with van der Waals surface area (Å²) in [7, 11) is 0. The molecule has 6 nitrogen and oxygen atoms in total. The van der Waals surface area contributed by atoms with Gasteiger partial charge in [0.05, 0.1) is 23.8 Å². The Morgan fingerprint density at radius 2 is 1.95 bits per heavy atom. The Bertz CT molecular complexity index is 681. The van der Waals surface area contributed by atoms with Crippen LogP contribution >= 0.6 is 0 Å². The van der Waals surface area contributed by atoms with E-state index in [1.165, 1.54) is 6.07 Å². The Morgan fingerprint density at radius 1 is 1.18 bits per heavy atom. The standard InChI is InChI=1S/C16H15N3O3/c17-11-14-15(7-4-8-16(14)19(20)21)18-9-10-22-12-13-5-2-1-3-6-13/h1-8,18H,9-10,12H2. The zero-order valence-corrected chi connectivity index (χ0v) is 11.9. The maximum absolute atomic E-state index is 10.9. The number of nitrogens with zero attached hydrogens (tertiary/aromatic N) is 2. The summed E-state index contributed by atoms with van der Waals surface area (Å²) >= 11 is 0. The largest absolute Gasteiger partial charge is 0.381 e. The Hall–Kier alpha value is -2.91. The summed E-state index contributed by atoms with van der Waals surface area (Å²) in [6, 6.07) is 16.1. The molecule has 0 aliphatic carbocycles. The van der Waals surface area contributed by atoms with Gasteiger partial charge in [0.1, 0.15) is 6.07 Å². The molecule has 0 fully saturated rings. The van der Waals surface area contributed by atoms with Crippen molar-refractivity contribution in [3.05, 3.63) is 69.8 Å². The molecule has 0 saturated carbocycles. The first kappa shape index (κ1) is 15.5. The fourth-order valence-corrected chi connectivity index (χ4v) is 1.98. The number of nitriles is 1. The van der Waals surface area contributed by atoms with Crippen LogP contribution in [0.25, 0.3) is 0 Å². The minimum Gasteiger partial charge on any atom is -0.381 e. The molecule has 0 bridgehead atoms. The Morgan fingerprint density at radius 3 is 2.64 bits per heavy atom. The normalized spacial score (nSPS) is 9.95. The number of anilines is 1. The molecule has 0 unspecified atom stereocenters. The number of hydrogen-bond donors (Lipinski definition) is 1. The molecule has 0 atom stereocenters. The number of nitro benzene ring substituents is 1. The first-order valence-corrected chi connectivity index (χ1v) is 6.75. The number of hydrogen-bond acceptors (Lipinski definition) is 5. The molecule has 2 aromatic rings. The molecule has 22 heavy (non-hydrogen) atoms. The van der Waals surface area contributed by atoms with Crippen molar-refractivity contribution in [3.8, 4) is 6.07 Å². The minimum absolute atomic E-state index is 0.0376. The van der Waals surface area contributed by atoms with Gasteiger partial charge in [0, 0.05) is 12.6 Å². The van der Waals surface area contributed by atoms with Crippen LogP contribution in [0.1, 0.15) is 11.1 Å². The van der Waals surface area contributed by atoms with Gasteiger partial charge in [-0.3, -0.25) is 10.1 Å². The van der Waals surface area contributed by atoms with E-state index in [1.54, 1.807) is 12.1 Å². The van der Waals surface area contributed by atoms with Crippen molar-refractivity contribution in [2.24, 2.45) is 0 Å². The Labute approximate surface area is 128 Å². The molecule has 1 N–H and O–H groups in total. The highest BCUT2D eigenvalue weighted by Crippen LogP contribution is 2.25. The summed E-state index contributed by atoms with van der Waals surface area (Å²) in [6.45, 7) is 1.40. The molecule has 2 aromatic carbocycles. The number of nitro groups is 1. The van der Waals surface area contributed by atoms with Crippen LogP contribution in [-0.2, 0) is 11.3 Å². The van der Waals surface area contributed by atoms with Crippen LogP contribution in [0.3, 0.4) is 0 Å². The van der Waals surface area contributed by atoms with Gasteiger partial charge < -0.3 is 10.1 Å². The van der Waals surface area contributed by atoms with E-state index in [-0.39, 0.29) is 11.3 Å². The molecule has 6 heteroatoms. The second kappa shape index (κ2) is 7.76. The summed E-state index contributed by atoms with van der Waals surface area (Å²) in [5, 5.41) is 22.9. The van der Waals surface area contributed by atoms with Crippen molar-refractivity contribution in [1.29, 1.82) is 5.26 Å². The van der Waals surface area contributed by atoms with E-state index >= 15 is 0 Å². The topological polar surface area (TPSA) is 88.2 Å². The van der Waals surface area contributed by atoms with Crippen LogP contribution in [0.5, 0.6) is 0 Å². The van der Waals surface area contributed by atoms with Crippen molar-refractivity contribution in [3.63, 3.8) is 0 Å². The number of rotatable bonds is 7. The van der Waals surface area contributed by atoms with Gasteiger partial charge in [0.25, 0.3) is 5.69 Å². The molecule has 2 rings (SSSR count). The third-order valence-corrected chi connectivity index (χ3v) is 3.02. The lowest BCUT2D eigenvalue weighted by Gasteiger charge is -2.09. The number of ether oxygens (including phenoxy) is 1. The third kappa shape index (κ3) is 4.04. The van der Waals surface area contributed by atoms with E-state index in [4.69, 9.17) is 10.00 Å². The second-order valence-electron chi connectivity index (χ2n) is 4.53. The average Bonchev–Trinajstić information content (AvgIpc) is 2.55. The van der Waals surface area contributed by atoms with Crippen molar-refractivity contribution < 1.29 is 9.66 Å². The summed E-state index contributed by atoms with van der Waals surface area (Å²) in [5.41, 5.74) is 1.36. The van der Waals surface area contributed by atoms with Gasteiger partial charge in [-0.15, -0.1) is 0 Å². The summed E-state index contributed by atoms with van der Waals surface area (Å²) < 4.78 is 5.51. The van der Waals surface area contributed by atoms with E-state index in [2.05, 4.69) is 5.32 Å². The van der Waals surface area contributed by atoms with E-state index in [0.29, 0.717) is 25.4 Å². The van der Waals surface area contributed by atoms with Crippen LogP contribution in [-0.4, -0.2) is 18.1 Å². The molecule has 0 spiro atoms. The Kier molecular flexibility index (Phi) is 5.46. The van der Waals surface area contributed by atoms with Gasteiger partial charge in [-0.25, -0.2) is 0 Å². The van der Waals surface area contributed by atoms with Crippen LogP contribution < -0.4 is 5.32 Å².